The van der Waals surface area contributed by atoms with Gasteiger partial charge in [0.1, 0.15) is 41.4 Å². The molecule has 70 heavy (non-hydrogen) atoms. The lowest BCUT2D eigenvalue weighted by Crippen LogP contribution is -2.70. The molecule has 3 aliphatic rings. The van der Waals surface area contributed by atoms with Crippen LogP contribution in [0.1, 0.15) is 72.3 Å². The first-order chi connectivity index (χ1) is 34.2. The second-order valence-corrected chi connectivity index (χ2v) is 17.3. The van der Waals surface area contributed by atoms with Gasteiger partial charge in [-0.2, -0.15) is 0 Å². The van der Waals surface area contributed by atoms with Crippen molar-refractivity contribution in [3.63, 3.8) is 0 Å². The van der Waals surface area contributed by atoms with Crippen molar-refractivity contribution in [3.05, 3.63) is 142 Å². The minimum Gasteiger partial charge on any atom is -0.496 e. The van der Waals surface area contributed by atoms with Crippen molar-refractivity contribution < 1.29 is 63.1 Å². The van der Waals surface area contributed by atoms with Gasteiger partial charge in [-0.25, -0.2) is 4.79 Å². The summed E-state index contributed by atoms with van der Waals surface area (Å²) in [6, 6.07) is 24.2. The molecular formula is C53H61N3O14. The van der Waals surface area contributed by atoms with Gasteiger partial charge in [-0.1, -0.05) is 60.5 Å². The minimum atomic E-state index is -1.66. The molecule has 1 saturated carbocycles. The fraction of sp³-hybridized carbons (Fsp3) is 0.415. The number of allylic oxidation sites excluding steroid dienone is 1. The van der Waals surface area contributed by atoms with Crippen molar-refractivity contribution in [2.24, 2.45) is 22.9 Å². The van der Waals surface area contributed by atoms with Crippen LogP contribution >= 0.6 is 0 Å². The summed E-state index contributed by atoms with van der Waals surface area (Å²) in [7, 11) is 1.49. The molecule has 17 nitrogen and oxygen atoms in total. The molecular weight excluding hydrogens is 903 g/mol. The molecule has 1 heterocycles. The third-order valence-corrected chi connectivity index (χ3v) is 13.0. The van der Waals surface area contributed by atoms with Crippen LogP contribution in [0.25, 0.3) is 0 Å². The molecule has 0 spiro atoms. The number of hydrogen-bond acceptors (Lipinski definition) is 15. The first kappa shape index (κ1) is 51.2. The Labute approximate surface area is 407 Å². The molecule has 4 aromatic carbocycles. The average Bonchev–Trinajstić information content (AvgIpc) is 3.37. The molecule has 0 radical (unpaired) electrons. The Kier molecular flexibility index (Phi) is 18.1. The largest absolute Gasteiger partial charge is 0.496 e. The number of ether oxygens (including phenoxy) is 6. The molecule has 0 bridgehead atoms. The summed E-state index contributed by atoms with van der Waals surface area (Å²) in [6.45, 7) is 3.84. The Hall–Kier alpha value is -6.63. The molecule has 4 aromatic rings. The summed E-state index contributed by atoms with van der Waals surface area (Å²) in [6.07, 6.45) is 7.74. The molecule has 17 heteroatoms. The van der Waals surface area contributed by atoms with Crippen LogP contribution in [-0.2, 0) is 20.9 Å². The van der Waals surface area contributed by atoms with Gasteiger partial charge in [0.25, 0.3) is 5.69 Å². The van der Waals surface area contributed by atoms with Gasteiger partial charge in [0, 0.05) is 49.8 Å². The fourth-order valence-corrected chi connectivity index (χ4v) is 9.97. The number of carbonyl (C=O) groups is 2. The summed E-state index contributed by atoms with van der Waals surface area (Å²) in [5.41, 5.74) is 3.16. The number of nitro groups is 1. The Morgan fingerprint density at radius 3 is 2.36 bits per heavy atom. The van der Waals surface area contributed by atoms with E-state index in [4.69, 9.17) is 38.4 Å². The van der Waals surface area contributed by atoms with Gasteiger partial charge >= 0.3 is 6.09 Å². The third kappa shape index (κ3) is 11.9. The standard InChI is InChI=1S/C53H61N3O14/c1-3-27-66-53-49(55(23-28-65-29-26-59)52(61)69-40-17-15-39(16-18-40)56(62)63)33-46(54-67-35-36-11-5-4-6-12-36)44-31-37(13-7-9-24-57)43(14-8-10-25-58)50(51(44)53)45-32-42(20-22-48(45)70-53)68-41-19-21-47(64-2)38(30-41)34-60/h3-6,11-12,15-22,30-32,34,37,43,49-51,57-59H,1,7-10,13-14,23-29,33,35H2,2H3/t37-,43+,49-,50+,51+,53+/m0/s1. The Morgan fingerprint density at radius 2 is 1.66 bits per heavy atom. The lowest BCUT2D eigenvalue weighted by Gasteiger charge is -2.59. The highest BCUT2D eigenvalue weighted by Gasteiger charge is 2.65. The smallest absolute Gasteiger partial charge is 0.415 e. The number of fused-ring (bicyclic) bond motifs is 2. The van der Waals surface area contributed by atoms with Crippen LogP contribution in [0.2, 0.25) is 0 Å². The van der Waals surface area contributed by atoms with Gasteiger partial charge < -0.3 is 48.6 Å². The summed E-state index contributed by atoms with van der Waals surface area (Å²) in [4.78, 5) is 45.5. The maximum atomic E-state index is 14.9. The Bertz CT molecular complexity index is 2460. The van der Waals surface area contributed by atoms with Crippen molar-refractivity contribution in [1.82, 2.24) is 4.90 Å². The number of nitro benzene ring substituents is 1. The number of amides is 1. The van der Waals surface area contributed by atoms with Crippen LogP contribution in [0, 0.1) is 27.9 Å². The van der Waals surface area contributed by atoms with Gasteiger partial charge in [0.2, 0.25) is 5.79 Å². The molecule has 0 saturated heterocycles. The molecule has 1 aliphatic heterocycles. The van der Waals surface area contributed by atoms with E-state index in [2.05, 4.69) is 12.7 Å². The minimum absolute atomic E-state index is 0.0000851. The number of carbonyl (C=O) groups excluding carboxylic acids is 2. The van der Waals surface area contributed by atoms with Crippen molar-refractivity contribution in [1.29, 1.82) is 0 Å². The second-order valence-electron chi connectivity index (χ2n) is 17.3. The summed E-state index contributed by atoms with van der Waals surface area (Å²) in [5.74, 6) is -1.12. The van der Waals surface area contributed by atoms with Crippen LogP contribution in [0.3, 0.4) is 0 Å². The van der Waals surface area contributed by atoms with Gasteiger partial charge in [-0.05, 0) is 97.2 Å². The van der Waals surface area contributed by atoms with E-state index in [9.17, 15) is 35.0 Å². The zero-order chi connectivity index (χ0) is 49.5. The van der Waals surface area contributed by atoms with Gasteiger partial charge in [0.05, 0.1) is 55.7 Å². The zero-order valence-electron chi connectivity index (χ0n) is 39.3. The molecule has 372 valence electrons. The predicted molar refractivity (Wildman–Crippen MR) is 258 cm³/mol. The van der Waals surface area contributed by atoms with Gasteiger partial charge in [0.15, 0.2) is 6.29 Å². The number of benzene rings is 4. The number of aliphatic hydroxyl groups is 3. The number of rotatable bonds is 26. The van der Waals surface area contributed by atoms with E-state index in [1.807, 2.05) is 36.4 Å². The van der Waals surface area contributed by atoms with E-state index in [1.54, 1.807) is 36.4 Å². The highest BCUT2D eigenvalue weighted by Crippen LogP contribution is 2.62. The van der Waals surface area contributed by atoms with E-state index >= 15 is 0 Å². The van der Waals surface area contributed by atoms with Crippen molar-refractivity contribution >= 4 is 23.8 Å². The Morgan fingerprint density at radius 1 is 0.929 bits per heavy atom. The summed E-state index contributed by atoms with van der Waals surface area (Å²) in [5, 5.41) is 46.1. The number of methoxy groups -OCH3 is 1. The van der Waals surface area contributed by atoms with E-state index < -0.39 is 34.7 Å². The molecule has 0 aromatic heterocycles. The van der Waals surface area contributed by atoms with E-state index in [-0.39, 0.29) is 82.5 Å². The number of non-ortho nitro benzene ring substituents is 1. The summed E-state index contributed by atoms with van der Waals surface area (Å²) < 4.78 is 38.0. The zero-order valence-corrected chi connectivity index (χ0v) is 39.3. The van der Waals surface area contributed by atoms with E-state index in [1.165, 1.54) is 36.3 Å². The van der Waals surface area contributed by atoms with Crippen molar-refractivity contribution in [2.75, 3.05) is 53.3 Å². The molecule has 1 fully saturated rings. The van der Waals surface area contributed by atoms with Crippen LogP contribution in [0.5, 0.6) is 28.7 Å². The first-order valence-electron chi connectivity index (χ1n) is 23.6. The number of aldehydes is 1. The lowest BCUT2D eigenvalue weighted by atomic mass is 9.55. The first-order valence-corrected chi connectivity index (χ1v) is 23.6. The monoisotopic (exact) mass is 963 g/mol. The van der Waals surface area contributed by atoms with E-state index in [0.717, 1.165) is 29.5 Å². The number of unbranched alkanes of at least 4 members (excludes halogenated alkanes) is 2. The van der Waals surface area contributed by atoms with Crippen LogP contribution in [-0.4, -0.2) is 108 Å². The van der Waals surface area contributed by atoms with Crippen molar-refractivity contribution in [2.45, 2.75) is 69.3 Å². The number of aliphatic hydroxyl groups excluding tert-OH is 3. The summed E-state index contributed by atoms with van der Waals surface area (Å²) >= 11 is 0. The normalized spacial score (nSPS) is 21.6. The SMILES string of the molecule is C=CCO[C@@]12Oc3ccc(Oc4ccc(OC)c(C=O)c4)cc3[C@H]3[C@H](CCCCO)[C@@H](CCCCO)C=C(C(=NOCc4ccccc4)C[C@@H]1N(CCOCCO)C(=O)Oc1ccc([N+](=O)[O-])cc1)[C@H]32. The van der Waals surface area contributed by atoms with E-state index in [0.29, 0.717) is 66.2 Å². The lowest BCUT2D eigenvalue weighted by molar-refractivity contribution is -0.384. The third-order valence-electron chi connectivity index (χ3n) is 13.0. The molecule has 7 rings (SSSR count). The highest BCUT2D eigenvalue weighted by molar-refractivity contribution is 6.03. The second kappa shape index (κ2) is 24.8. The average molecular weight is 964 g/mol. The van der Waals surface area contributed by atoms with Crippen molar-refractivity contribution in [3.8, 4) is 28.7 Å². The quantitative estimate of drug-likeness (QED) is 0.0177. The fourth-order valence-electron chi connectivity index (χ4n) is 9.97. The number of nitrogens with zero attached hydrogens (tertiary/aromatic N) is 3. The van der Waals surface area contributed by atoms with Crippen LogP contribution in [0.4, 0.5) is 10.5 Å². The van der Waals surface area contributed by atoms with Crippen LogP contribution < -0.4 is 18.9 Å². The Balaban J connectivity index is 1.43. The molecule has 0 unspecified atom stereocenters. The molecule has 3 N–H and O–H groups in total. The maximum absolute atomic E-state index is 14.9. The van der Waals surface area contributed by atoms with Gasteiger partial charge in [-0.15, -0.1) is 6.58 Å². The molecule has 1 amide bonds. The molecule has 2 aliphatic carbocycles. The topological polar surface area (TPSA) is 218 Å². The number of oxime groups is 1. The highest BCUT2D eigenvalue weighted by atomic mass is 16.7. The number of hydrogen-bond donors (Lipinski definition) is 3. The predicted octanol–water partition coefficient (Wildman–Crippen LogP) is 8.55. The maximum Gasteiger partial charge on any atom is 0.415 e. The van der Waals surface area contributed by atoms with Crippen LogP contribution in [0.15, 0.2) is 120 Å². The molecule has 6 atom stereocenters. The van der Waals surface area contributed by atoms with Gasteiger partial charge in [-0.3, -0.25) is 19.8 Å².